The van der Waals surface area contributed by atoms with E-state index in [1.54, 1.807) is 11.1 Å². The van der Waals surface area contributed by atoms with Crippen molar-refractivity contribution in [2.45, 2.75) is 51.8 Å². The fourth-order valence-electron chi connectivity index (χ4n) is 3.96. The molecule has 4 unspecified atom stereocenters. The topological polar surface area (TPSA) is 72.9 Å². The lowest BCUT2D eigenvalue weighted by molar-refractivity contribution is -0.138. The Morgan fingerprint density at radius 3 is 2.50 bits per heavy atom. The van der Waals surface area contributed by atoms with Crippen LogP contribution in [0.3, 0.4) is 0 Å². The van der Waals surface area contributed by atoms with E-state index in [1.165, 1.54) is 17.5 Å². The van der Waals surface area contributed by atoms with E-state index in [2.05, 4.69) is 25.3 Å². The molecule has 3 rings (SSSR count). The Hall–Kier alpha value is -2.70. The Morgan fingerprint density at radius 1 is 1.13 bits per heavy atom. The Labute approximate surface area is 178 Å². The molecule has 2 amide bonds. The van der Waals surface area contributed by atoms with Crippen LogP contribution in [0.2, 0.25) is 0 Å². The summed E-state index contributed by atoms with van der Waals surface area (Å²) in [6, 6.07) is 8.31. The zero-order valence-electron chi connectivity index (χ0n) is 18.1. The molecule has 0 aromatic heterocycles. The van der Waals surface area contributed by atoms with Crippen LogP contribution in [-0.2, 0) is 9.59 Å². The number of hydrazine groups is 1. The van der Waals surface area contributed by atoms with Gasteiger partial charge in [-0.25, -0.2) is 5.01 Å². The average Bonchev–Trinajstić information content (AvgIpc) is 2.93. The van der Waals surface area contributed by atoms with Crippen LogP contribution < -0.4 is 5.43 Å². The number of carbonyl (C=O) groups is 2. The van der Waals surface area contributed by atoms with Gasteiger partial charge < -0.3 is 10.5 Å². The van der Waals surface area contributed by atoms with Gasteiger partial charge in [0.15, 0.2) is 0 Å². The zero-order chi connectivity index (χ0) is 21.8. The van der Waals surface area contributed by atoms with Gasteiger partial charge in [-0.1, -0.05) is 53.6 Å². The minimum absolute atomic E-state index is 0.220. The monoisotopic (exact) mass is 409 g/mol. The number of anilines is 1. The van der Waals surface area contributed by atoms with Gasteiger partial charge in [0.1, 0.15) is 6.04 Å². The van der Waals surface area contributed by atoms with E-state index in [0.29, 0.717) is 0 Å². The Bertz CT molecular complexity index is 871. The molecule has 1 aromatic rings. The molecule has 2 aliphatic rings. The second-order valence-electron chi connectivity index (χ2n) is 8.29. The Kier molecular flexibility index (Phi) is 6.90. The molecule has 1 aromatic carbocycles. The zero-order valence-corrected chi connectivity index (χ0v) is 18.1. The lowest BCUT2D eigenvalue weighted by Crippen LogP contribution is -2.57. The van der Waals surface area contributed by atoms with Crippen molar-refractivity contribution in [1.82, 2.24) is 9.91 Å². The summed E-state index contributed by atoms with van der Waals surface area (Å²) in [5.41, 5.74) is 6.42. The standard InChI is InChI=1S/C24H31N3O3/c1-16(2)9-8-10-17(3)15-21(28)20-14-13-19-22(24(30)26(4)23(19)29)27(20)25-18-11-6-5-7-12-18/h5-7,9,11-15,19-22,25,28H,8,10H2,1-4H3. The quantitative estimate of drug-likeness (QED) is 0.534. The van der Waals surface area contributed by atoms with Crippen LogP contribution in [0.15, 0.2) is 65.8 Å². The number of likely N-dealkylation sites (tertiary alicyclic amines) is 1. The van der Waals surface area contributed by atoms with Crippen LogP contribution in [0.25, 0.3) is 0 Å². The van der Waals surface area contributed by atoms with Crippen molar-refractivity contribution in [3.63, 3.8) is 0 Å². The first-order valence-electron chi connectivity index (χ1n) is 10.4. The first-order chi connectivity index (χ1) is 14.3. The molecule has 6 nitrogen and oxygen atoms in total. The lowest BCUT2D eigenvalue weighted by Gasteiger charge is -2.40. The number of aliphatic hydroxyl groups excluding tert-OH is 1. The third-order valence-electron chi connectivity index (χ3n) is 5.60. The Morgan fingerprint density at radius 2 is 1.83 bits per heavy atom. The van der Waals surface area contributed by atoms with Crippen LogP contribution in [0.5, 0.6) is 0 Å². The molecule has 1 fully saturated rings. The van der Waals surface area contributed by atoms with Crippen molar-refractivity contribution in [3.05, 3.63) is 65.8 Å². The van der Waals surface area contributed by atoms with Gasteiger partial charge in [-0.05, 0) is 45.7 Å². The van der Waals surface area contributed by atoms with Crippen molar-refractivity contribution in [3.8, 4) is 0 Å². The predicted molar refractivity (Wildman–Crippen MR) is 118 cm³/mol. The minimum atomic E-state index is -0.820. The number of likely N-dealkylation sites (N-methyl/N-ethyl adjacent to an activating group) is 1. The number of imide groups is 1. The maximum Gasteiger partial charge on any atom is 0.249 e. The highest BCUT2D eigenvalue weighted by Gasteiger charge is 2.52. The number of para-hydroxylation sites is 1. The third kappa shape index (κ3) is 4.71. The number of amides is 2. The van der Waals surface area contributed by atoms with Crippen LogP contribution >= 0.6 is 0 Å². The number of nitrogens with zero attached hydrogens (tertiary/aromatic N) is 2. The molecule has 2 aliphatic heterocycles. The molecular weight excluding hydrogens is 378 g/mol. The lowest BCUT2D eigenvalue weighted by atomic mass is 9.92. The van der Waals surface area contributed by atoms with Gasteiger partial charge in [-0.2, -0.15) is 0 Å². The summed E-state index contributed by atoms with van der Waals surface area (Å²) in [5.74, 6) is -1.04. The van der Waals surface area contributed by atoms with Crippen molar-refractivity contribution in [2.75, 3.05) is 12.5 Å². The minimum Gasteiger partial charge on any atom is -0.387 e. The molecule has 0 bridgehead atoms. The molecule has 30 heavy (non-hydrogen) atoms. The second kappa shape index (κ2) is 9.41. The number of aliphatic hydroxyl groups is 1. The average molecular weight is 410 g/mol. The molecule has 0 spiro atoms. The summed E-state index contributed by atoms with van der Waals surface area (Å²) in [4.78, 5) is 26.5. The largest absolute Gasteiger partial charge is 0.387 e. The van der Waals surface area contributed by atoms with E-state index in [9.17, 15) is 14.7 Å². The molecule has 0 saturated carbocycles. The molecule has 4 atom stereocenters. The first kappa shape index (κ1) is 22.0. The van der Waals surface area contributed by atoms with E-state index in [4.69, 9.17) is 0 Å². The molecule has 2 N–H and O–H groups in total. The van der Waals surface area contributed by atoms with Crippen molar-refractivity contribution in [1.29, 1.82) is 0 Å². The maximum absolute atomic E-state index is 12.8. The summed E-state index contributed by atoms with van der Waals surface area (Å²) in [6.07, 6.45) is 8.57. The van der Waals surface area contributed by atoms with E-state index in [-0.39, 0.29) is 11.8 Å². The summed E-state index contributed by atoms with van der Waals surface area (Å²) in [6.45, 7) is 6.15. The van der Waals surface area contributed by atoms with Crippen LogP contribution in [-0.4, -0.2) is 52.1 Å². The van der Waals surface area contributed by atoms with Crippen LogP contribution in [0, 0.1) is 5.92 Å². The van der Waals surface area contributed by atoms with E-state index < -0.39 is 24.1 Å². The van der Waals surface area contributed by atoms with Gasteiger partial charge >= 0.3 is 0 Å². The molecule has 160 valence electrons. The highest BCUT2D eigenvalue weighted by Crippen LogP contribution is 2.32. The van der Waals surface area contributed by atoms with Crippen molar-refractivity contribution in [2.24, 2.45) is 5.92 Å². The van der Waals surface area contributed by atoms with E-state index in [0.717, 1.165) is 24.1 Å². The van der Waals surface area contributed by atoms with E-state index >= 15 is 0 Å². The SMILES string of the molecule is CC(C)=CCCC(C)=CC(O)C1C=CC2C(=O)N(C)C(=O)C2N1Nc1ccccc1. The summed E-state index contributed by atoms with van der Waals surface area (Å²) in [5, 5.41) is 12.7. The molecule has 0 radical (unpaired) electrons. The smallest absolute Gasteiger partial charge is 0.249 e. The Balaban J connectivity index is 1.86. The van der Waals surface area contributed by atoms with Gasteiger partial charge in [0.25, 0.3) is 0 Å². The van der Waals surface area contributed by atoms with Crippen molar-refractivity contribution >= 4 is 17.5 Å². The number of nitrogens with one attached hydrogen (secondary N) is 1. The molecule has 6 heteroatoms. The number of hydrogen-bond acceptors (Lipinski definition) is 5. The summed E-state index contributed by atoms with van der Waals surface area (Å²) >= 11 is 0. The normalized spacial score (nSPS) is 25.3. The van der Waals surface area contributed by atoms with Gasteiger partial charge in [-0.15, -0.1) is 0 Å². The third-order valence-corrected chi connectivity index (χ3v) is 5.60. The number of allylic oxidation sites excluding steroid dienone is 3. The van der Waals surface area contributed by atoms with E-state index in [1.807, 2.05) is 49.4 Å². The first-order valence-corrected chi connectivity index (χ1v) is 10.4. The molecule has 1 saturated heterocycles. The molecule has 2 heterocycles. The number of carbonyl (C=O) groups excluding carboxylic acids is 2. The summed E-state index contributed by atoms with van der Waals surface area (Å²) in [7, 11) is 1.51. The molecular formula is C24H31N3O3. The highest BCUT2D eigenvalue weighted by atomic mass is 16.3. The highest BCUT2D eigenvalue weighted by molar-refractivity contribution is 6.08. The number of rotatable bonds is 7. The molecule has 0 aliphatic carbocycles. The van der Waals surface area contributed by atoms with Gasteiger partial charge in [0, 0.05) is 12.7 Å². The van der Waals surface area contributed by atoms with Crippen molar-refractivity contribution < 1.29 is 14.7 Å². The van der Waals surface area contributed by atoms with Crippen LogP contribution in [0.1, 0.15) is 33.6 Å². The van der Waals surface area contributed by atoms with Gasteiger partial charge in [-0.3, -0.25) is 14.5 Å². The van der Waals surface area contributed by atoms with Crippen LogP contribution in [0.4, 0.5) is 5.69 Å². The fraction of sp³-hybridized carbons (Fsp3) is 0.417. The second-order valence-corrected chi connectivity index (χ2v) is 8.29. The van der Waals surface area contributed by atoms with Gasteiger partial charge in [0.05, 0.1) is 18.1 Å². The fourth-order valence-corrected chi connectivity index (χ4v) is 3.96. The predicted octanol–water partition coefficient (Wildman–Crippen LogP) is 3.29. The number of fused-ring (bicyclic) bond motifs is 1. The summed E-state index contributed by atoms with van der Waals surface area (Å²) < 4.78 is 0. The van der Waals surface area contributed by atoms with Gasteiger partial charge in [0.2, 0.25) is 11.8 Å². The number of benzene rings is 1. The number of hydrogen-bond donors (Lipinski definition) is 2. The maximum atomic E-state index is 12.8.